The molecule has 138 valence electrons. The topological polar surface area (TPSA) is 119 Å². The van der Waals surface area contributed by atoms with Crippen molar-refractivity contribution in [3.05, 3.63) is 23.8 Å². The first-order chi connectivity index (χ1) is 11.8. The second-order valence-corrected chi connectivity index (χ2v) is 8.10. The fraction of sp³-hybridized carbons (Fsp3) is 0.500. The minimum atomic E-state index is -3.20. The van der Waals surface area contributed by atoms with Crippen molar-refractivity contribution >= 4 is 21.7 Å². The normalized spacial score (nSPS) is 19.8. The smallest absolute Gasteiger partial charge is 0.305 e. The molecular formula is C16H21NO7S. The molecule has 1 amide bonds. The highest BCUT2D eigenvalue weighted by atomic mass is 32.2. The van der Waals surface area contributed by atoms with Gasteiger partial charge in [-0.2, -0.15) is 0 Å². The van der Waals surface area contributed by atoms with Crippen LogP contribution in [-0.4, -0.2) is 51.1 Å². The van der Waals surface area contributed by atoms with Gasteiger partial charge in [-0.15, -0.1) is 0 Å². The van der Waals surface area contributed by atoms with Crippen LogP contribution in [0.5, 0.6) is 11.5 Å². The van der Waals surface area contributed by atoms with Gasteiger partial charge in [0.25, 0.3) is 0 Å². The molecule has 1 aliphatic heterocycles. The Morgan fingerprint density at radius 2 is 2.04 bits per heavy atom. The summed E-state index contributed by atoms with van der Waals surface area (Å²) in [7, 11) is -0.281. The van der Waals surface area contributed by atoms with Gasteiger partial charge >= 0.3 is 5.97 Å². The van der Waals surface area contributed by atoms with Crippen LogP contribution in [0.15, 0.2) is 18.2 Å². The Hall–Kier alpha value is -2.29. The Kier molecular flexibility index (Phi) is 5.89. The monoisotopic (exact) mass is 371 g/mol. The van der Waals surface area contributed by atoms with Crippen molar-refractivity contribution in [2.75, 3.05) is 25.7 Å². The van der Waals surface area contributed by atoms with Crippen molar-refractivity contribution in [1.29, 1.82) is 0 Å². The van der Waals surface area contributed by atoms with E-state index in [-0.39, 0.29) is 24.3 Å². The van der Waals surface area contributed by atoms with Crippen LogP contribution in [0.2, 0.25) is 0 Å². The minimum absolute atomic E-state index is 0.0272. The predicted octanol–water partition coefficient (Wildman–Crippen LogP) is 0.770. The predicted molar refractivity (Wildman–Crippen MR) is 89.4 cm³/mol. The summed E-state index contributed by atoms with van der Waals surface area (Å²) in [4.78, 5) is 23.6. The van der Waals surface area contributed by atoms with Crippen molar-refractivity contribution in [3.63, 3.8) is 0 Å². The molecule has 1 aromatic carbocycles. The van der Waals surface area contributed by atoms with Gasteiger partial charge in [-0.1, -0.05) is 0 Å². The first-order valence-corrected chi connectivity index (χ1v) is 9.52. The van der Waals surface area contributed by atoms with Gasteiger partial charge in [0.15, 0.2) is 9.84 Å². The van der Waals surface area contributed by atoms with Crippen molar-refractivity contribution < 1.29 is 32.6 Å². The van der Waals surface area contributed by atoms with Gasteiger partial charge in [0, 0.05) is 11.6 Å². The molecule has 1 fully saturated rings. The Morgan fingerprint density at radius 1 is 1.32 bits per heavy atom. The maximum absolute atomic E-state index is 12.4. The second kappa shape index (κ2) is 7.73. The number of carbonyl (C=O) groups excluding carboxylic acids is 1. The van der Waals surface area contributed by atoms with Crippen LogP contribution >= 0.6 is 0 Å². The Bertz CT molecular complexity index is 760. The fourth-order valence-electron chi connectivity index (χ4n) is 2.81. The zero-order chi connectivity index (χ0) is 18.6. The number of benzene rings is 1. The summed E-state index contributed by atoms with van der Waals surface area (Å²) < 4.78 is 33.5. The molecule has 0 aromatic heterocycles. The highest BCUT2D eigenvalue weighted by Gasteiger charge is 2.34. The number of methoxy groups -OCH3 is 2. The molecule has 8 nitrogen and oxygen atoms in total. The highest BCUT2D eigenvalue weighted by Crippen LogP contribution is 2.32. The summed E-state index contributed by atoms with van der Waals surface area (Å²) in [5.41, 5.74) is 0.486. The lowest BCUT2D eigenvalue weighted by Gasteiger charge is -2.22. The summed E-state index contributed by atoms with van der Waals surface area (Å²) >= 11 is 0. The molecule has 2 N–H and O–H groups in total. The van der Waals surface area contributed by atoms with E-state index in [9.17, 15) is 18.0 Å². The van der Waals surface area contributed by atoms with E-state index >= 15 is 0 Å². The molecular weight excluding hydrogens is 350 g/mol. The van der Waals surface area contributed by atoms with E-state index in [0.717, 1.165) is 0 Å². The number of hydrogen-bond acceptors (Lipinski definition) is 6. The maximum Gasteiger partial charge on any atom is 0.305 e. The second-order valence-electron chi connectivity index (χ2n) is 5.87. The zero-order valence-electron chi connectivity index (χ0n) is 14.0. The number of nitrogens with one attached hydrogen (secondary N) is 1. The van der Waals surface area contributed by atoms with Crippen molar-refractivity contribution in [2.24, 2.45) is 5.92 Å². The molecule has 1 heterocycles. The van der Waals surface area contributed by atoms with E-state index < -0.39 is 33.7 Å². The van der Waals surface area contributed by atoms with E-state index in [0.29, 0.717) is 17.1 Å². The molecule has 2 unspecified atom stereocenters. The molecule has 9 heteroatoms. The molecule has 2 rings (SSSR count). The third-order valence-electron chi connectivity index (χ3n) is 4.11. The average Bonchev–Trinajstić information content (AvgIpc) is 2.93. The summed E-state index contributed by atoms with van der Waals surface area (Å²) in [6.07, 6.45) is -0.110. The van der Waals surface area contributed by atoms with Gasteiger partial charge < -0.3 is 19.9 Å². The zero-order valence-corrected chi connectivity index (χ0v) is 14.8. The van der Waals surface area contributed by atoms with Crippen LogP contribution in [0.4, 0.5) is 0 Å². The van der Waals surface area contributed by atoms with Gasteiger partial charge in [-0.25, -0.2) is 8.42 Å². The van der Waals surface area contributed by atoms with Crippen LogP contribution in [0.25, 0.3) is 0 Å². The molecule has 25 heavy (non-hydrogen) atoms. The highest BCUT2D eigenvalue weighted by molar-refractivity contribution is 7.91. The maximum atomic E-state index is 12.4. The summed E-state index contributed by atoms with van der Waals surface area (Å²) in [6.45, 7) is 0. The molecule has 2 atom stereocenters. The largest absolute Gasteiger partial charge is 0.497 e. The third-order valence-corrected chi connectivity index (χ3v) is 5.88. The molecule has 1 saturated heterocycles. The number of sulfone groups is 1. The Labute approximate surface area is 146 Å². The van der Waals surface area contributed by atoms with Crippen molar-refractivity contribution in [3.8, 4) is 11.5 Å². The number of ether oxygens (including phenoxy) is 2. The standard InChI is InChI=1S/C16H21NO7S/c1-23-11-3-4-12(14(7-11)24-2)13(8-15(18)19)17-16(20)10-5-6-25(21,22)9-10/h3-4,7,10,13H,5-6,8-9H2,1-2H3,(H,17,20)(H,18,19). The van der Waals surface area contributed by atoms with E-state index in [4.69, 9.17) is 14.6 Å². The Balaban J connectivity index is 2.24. The number of hydrogen-bond donors (Lipinski definition) is 2. The number of amides is 1. The molecule has 1 aromatic rings. The van der Waals surface area contributed by atoms with Crippen LogP contribution < -0.4 is 14.8 Å². The number of carboxylic acid groups (broad SMARTS) is 1. The molecule has 0 saturated carbocycles. The lowest BCUT2D eigenvalue weighted by molar-refractivity contribution is -0.137. The number of aliphatic carboxylic acids is 1. The van der Waals surface area contributed by atoms with Crippen LogP contribution in [-0.2, 0) is 19.4 Å². The van der Waals surface area contributed by atoms with E-state index in [2.05, 4.69) is 5.32 Å². The molecule has 0 aliphatic carbocycles. The van der Waals surface area contributed by atoms with E-state index in [1.165, 1.54) is 14.2 Å². The summed E-state index contributed by atoms with van der Waals surface area (Å²) in [5.74, 6) is -1.55. The van der Waals surface area contributed by atoms with Gasteiger partial charge in [0.1, 0.15) is 11.5 Å². The quantitative estimate of drug-likeness (QED) is 0.726. The van der Waals surface area contributed by atoms with Gasteiger partial charge in [0.2, 0.25) is 5.91 Å². The van der Waals surface area contributed by atoms with Gasteiger partial charge in [-0.3, -0.25) is 9.59 Å². The number of carbonyl (C=O) groups is 2. The average molecular weight is 371 g/mol. The van der Waals surface area contributed by atoms with Crippen LogP contribution in [0, 0.1) is 5.92 Å². The molecule has 1 aliphatic rings. The first kappa shape index (κ1) is 19.0. The van der Waals surface area contributed by atoms with Gasteiger partial charge in [-0.05, 0) is 18.6 Å². The number of carboxylic acids is 1. The third kappa shape index (κ3) is 4.85. The minimum Gasteiger partial charge on any atom is -0.497 e. The van der Waals surface area contributed by atoms with Crippen LogP contribution in [0.3, 0.4) is 0 Å². The van der Waals surface area contributed by atoms with Crippen molar-refractivity contribution in [1.82, 2.24) is 5.32 Å². The van der Waals surface area contributed by atoms with E-state index in [1.807, 2.05) is 0 Å². The Morgan fingerprint density at radius 3 is 2.56 bits per heavy atom. The number of rotatable bonds is 7. The molecule has 0 spiro atoms. The lowest BCUT2D eigenvalue weighted by Crippen LogP contribution is -2.35. The van der Waals surface area contributed by atoms with Gasteiger partial charge in [0.05, 0.1) is 44.1 Å². The lowest BCUT2D eigenvalue weighted by atomic mass is 10.0. The SMILES string of the molecule is COc1ccc(C(CC(=O)O)NC(=O)C2CCS(=O)(=O)C2)c(OC)c1. The van der Waals surface area contributed by atoms with E-state index in [1.54, 1.807) is 18.2 Å². The molecule has 0 radical (unpaired) electrons. The van der Waals surface area contributed by atoms with Crippen molar-refractivity contribution in [2.45, 2.75) is 18.9 Å². The fourth-order valence-corrected chi connectivity index (χ4v) is 4.55. The van der Waals surface area contributed by atoms with Crippen LogP contribution in [0.1, 0.15) is 24.4 Å². The molecule has 0 bridgehead atoms. The summed E-state index contributed by atoms with van der Waals surface area (Å²) in [5, 5.41) is 11.8. The summed E-state index contributed by atoms with van der Waals surface area (Å²) in [6, 6.07) is 4.01. The first-order valence-electron chi connectivity index (χ1n) is 7.70.